The van der Waals surface area contributed by atoms with Gasteiger partial charge in [0.05, 0.1) is 6.20 Å². The quantitative estimate of drug-likeness (QED) is 0.708. The van der Waals surface area contributed by atoms with E-state index in [0.29, 0.717) is 32.2 Å². The Morgan fingerprint density at radius 1 is 1.43 bits per heavy atom. The Morgan fingerprint density at radius 3 is 2.64 bits per heavy atom. The van der Waals surface area contributed by atoms with E-state index in [9.17, 15) is 4.79 Å². The van der Waals surface area contributed by atoms with Crippen LogP contribution in [-0.4, -0.2) is 47.3 Å². The molecule has 14 heavy (non-hydrogen) atoms. The highest BCUT2D eigenvalue weighted by Crippen LogP contribution is 2.12. The van der Waals surface area contributed by atoms with Gasteiger partial charge in [0.25, 0.3) is 6.01 Å². The summed E-state index contributed by atoms with van der Waals surface area (Å²) in [6.07, 6.45) is 2.23. The summed E-state index contributed by atoms with van der Waals surface area (Å²) >= 11 is 0. The minimum absolute atomic E-state index is 0.498. The lowest BCUT2D eigenvalue weighted by Crippen LogP contribution is -2.48. The topological polar surface area (TPSA) is 69.8 Å². The molecule has 0 bridgehead atoms. The molecule has 0 radical (unpaired) electrons. The van der Waals surface area contributed by atoms with Crippen molar-refractivity contribution in [1.29, 1.82) is 0 Å². The van der Waals surface area contributed by atoms with Crippen LogP contribution in [0.3, 0.4) is 0 Å². The summed E-state index contributed by atoms with van der Waals surface area (Å²) in [5, 5.41) is 8.72. The first-order chi connectivity index (χ1) is 6.77. The fourth-order valence-corrected chi connectivity index (χ4v) is 1.46. The van der Waals surface area contributed by atoms with E-state index in [4.69, 9.17) is 9.52 Å². The van der Waals surface area contributed by atoms with E-state index in [1.54, 1.807) is 6.20 Å². The maximum Gasteiger partial charge on any atom is 0.407 e. The van der Waals surface area contributed by atoms with Crippen LogP contribution in [0.5, 0.6) is 0 Å². The third-order valence-corrected chi connectivity index (χ3v) is 2.24. The van der Waals surface area contributed by atoms with Gasteiger partial charge in [-0.1, -0.05) is 0 Å². The lowest BCUT2D eigenvalue weighted by molar-refractivity contribution is 0.141. The summed E-state index contributed by atoms with van der Waals surface area (Å²) in [7, 11) is 0. The van der Waals surface area contributed by atoms with Gasteiger partial charge < -0.3 is 19.3 Å². The molecule has 2 rings (SSSR count). The first-order valence-corrected chi connectivity index (χ1v) is 4.39. The monoisotopic (exact) mass is 197 g/mol. The van der Waals surface area contributed by atoms with E-state index in [2.05, 4.69) is 4.98 Å². The molecule has 1 amide bonds. The molecule has 0 aromatic carbocycles. The molecular weight excluding hydrogens is 186 g/mol. The number of hydrogen-bond acceptors (Lipinski definition) is 4. The summed E-state index contributed by atoms with van der Waals surface area (Å²) in [5.74, 6) is 0. The van der Waals surface area contributed by atoms with Crippen molar-refractivity contribution in [2.24, 2.45) is 0 Å². The highest BCUT2D eigenvalue weighted by Gasteiger charge is 2.22. The second-order valence-electron chi connectivity index (χ2n) is 3.07. The van der Waals surface area contributed by atoms with Crippen LogP contribution < -0.4 is 4.90 Å². The SMILES string of the molecule is O=C(O)N1CCN(c2ncco2)CC1. The molecule has 2 heterocycles. The van der Waals surface area contributed by atoms with Crippen molar-refractivity contribution in [3.05, 3.63) is 12.5 Å². The zero-order chi connectivity index (χ0) is 9.97. The number of nitrogens with zero attached hydrogens (tertiary/aromatic N) is 3. The van der Waals surface area contributed by atoms with Crippen molar-refractivity contribution in [3.8, 4) is 0 Å². The van der Waals surface area contributed by atoms with E-state index in [0.717, 1.165) is 0 Å². The zero-order valence-electron chi connectivity index (χ0n) is 7.59. The molecule has 6 nitrogen and oxygen atoms in total. The van der Waals surface area contributed by atoms with Crippen LogP contribution in [0.1, 0.15) is 0 Å². The normalized spacial score (nSPS) is 17.1. The molecule has 0 spiro atoms. The highest BCUT2D eigenvalue weighted by molar-refractivity contribution is 5.65. The lowest BCUT2D eigenvalue weighted by atomic mass is 10.3. The Bertz CT molecular complexity index is 304. The lowest BCUT2D eigenvalue weighted by Gasteiger charge is -2.31. The van der Waals surface area contributed by atoms with Crippen LogP contribution in [0.2, 0.25) is 0 Å². The van der Waals surface area contributed by atoms with Crippen molar-refractivity contribution in [3.63, 3.8) is 0 Å². The molecule has 1 N–H and O–H groups in total. The second-order valence-corrected chi connectivity index (χ2v) is 3.07. The Labute approximate surface area is 80.7 Å². The van der Waals surface area contributed by atoms with Gasteiger partial charge in [0.2, 0.25) is 0 Å². The number of piperazine rings is 1. The number of carbonyl (C=O) groups is 1. The number of amides is 1. The first-order valence-electron chi connectivity index (χ1n) is 4.39. The third-order valence-electron chi connectivity index (χ3n) is 2.24. The summed E-state index contributed by atoms with van der Waals surface area (Å²) in [6.45, 7) is 2.26. The average molecular weight is 197 g/mol. The van der Waals surface area contributed by atoms with Gasteiger partial charge in [-0.3, -0.25) is 0 Å². The molecule has 6 heteroatoms. The molecule has 0 unspecified atom stereocenters. The van der Waals surface area contributed by atoms with E-state index in [1.807, 2.05) is 4.90 Å². The van der Waals surface area contributed by atoms with Gasteiger partial charge in [-0.25, -0.2) is 9.78 Å². The fraction of sp³-hybridized carbons (Fsp3) is 0.500. The summed E-state index contributed by atoms with van der Waals surface area (Å²) in [5.41, 5.74) is 0. The van der Waals surface area contributed by atoms with Crippen LogP contribution in [0, 0.1) is 0 Å². The van der Waals surface area contributed by atoms with Gasteiger partial charge >= 0.3 is 6.09 Å². The van der Waals surface area contributed by atoms with Gasteiger partial charge in [0, 0.05) is 26.2 Å². The van der Waals surface area contributed by atoms with Crippen LogP contribution in [0.4, 0.5) is 10.8 Å². The predicted molar refractivity (Wildman–Crippen MR) is 48.3 cm³/mol. The van der Waals surface area contributed by atoms with E-state index in [1.165, 1.54) is 11.2 Å². The summed E-state index contributed by atoms with van der Waals surface area (Å²) in [4.78, 5) is 17.9. The predicted octanol–water partition coefficient (Wildman–Crippen LogP) is 0.475. The Balaban J connectivity index is 1.93. The maximum atomic E-state index is 10.6. The largest absolute Gasteiger partial charge is 0.465 e. The van der Waals surface area contributed by atoms with Crippen LogP contribution in [0.25, 0.3) is 0 Å². The number of anilines is 1. The maximum absolute atomic E-state index is 10.6. The second kappa shape index (κ2) is 3.57. The van der Waals surface area contributed by atoms with Crippen molar-refractivity contribution in [2.75, 3.05) is 31.1 Å². The van der Waals surface area contributed by atoms with E-state index in [-0.39, 0.29) is 0 Å². The molecule has 0 atom stereocenters. The van der Waals surface area contributed by atoms with Crippen LogP contribution in [0.15, 0.2) is 16.9 Å². The minimum Gasteiger partial charge on any atom is -0.465 e. The molecule has 1 aromatic heterocycles. The van der Waals surface area contributed by atoms with Gasteiger partial charge in [-0.2, -0.15) is 0 Å². The van der Waals surface area contributed by atoms with Crippen LogP contribution >= 0.6 is 0 Å². The standard InChI is InChI=1S/C8H11N3O3/c12-8(13)11-4-2-10(3-5-11)7-9-1-6-14-7/h1,6H,2-5H2,(H,12,13). The number of rotatable bonds is 1. The third kappa shape index (κ3) is 1.63. The molecular formula is C8H11N3O3. The molecule has 1 fully saturated rings. The van der Waals surface area contributed by atoms with Gasteiger partial charge in [-0.15, -0.1) is 0 Å². The van der Waals surface area contributed by atoms with Crippen molar-refractivity contribution in [2.45, 2.75) is 0 Å². The van der Waals surface area contributed by atoms with Crippen LogP contribution in [-0.2, 0) is 0 Å². The number of hydrogen-bond donors (Lipinski definition) is 1. The highest BCUT2D eigenvalue weighted by atomic mass is 16.4. The Morgan fingerprint density at radius 2 is 2.14 bits per heavy atom. The van der Waals surface area contributed by atoms with Crippen molar-refractivity contribution in [1.82, 2.24) is 9.88 Å². The average Bonchev–Trinajstić information content (AvgIpc) is 2.71. The first kappa shape index (κ1) is 8.86. The zero-order valence-corrected chi connectivity index (χ0v) is 7.59. The summed E-state index contributed by atoms with van der Waals surface area (Å²) < 4.78 is 5.12. The van der Waals surface area contributed by atoms with Crippen molar-refractivity contribution < 1.29 is 14.3 Å². The van der Waals surface area contributed by atoms with Gasteiger partial charge in [0.1, 0.15) is 6.26 Å². The van der Waals surface area contributed by atoms with Gasteiger partial charge in [-0.05, 0) is 0 Å². The molecule has 1 aromatic rings. The summed E-state index contributed by atoms with van der Waals surface area (Å²) in [6, 6.07) is 0.565. The number of carboxylic acid groups (broad SMARTS) is 1. The molecule has 76 valence electrons. The molecule has 1 aliphatic heterocycles. The molecule has 1 saturated heterocycles. The molecule has 1 aliphatic rings. The number of oxazole rings is 1. The van der Waals surface area contributed by atoms with Crippen molar-refractivity contribution >= 4 is 12.1 Å². The Hall–Kier alpha value is -1.72. The van der Waals surface area contributed by atoms with E-state index >= 15 is 0 Å². The van der Waals surface area contributed by atoms with Gasteiger partial charge in [0.15, 0.2) is 0 Å². The minimum atomic E-state index is -0.864. The molecule has 0 aliphatic carbocycles. The number of aromatic nitrogens is 1. The smallest absolute Gasteiger partial charge is 0.407 e. The fourth-order valence-electron chi connectivity index (χ4n) is 1.46. The molecule has 0 saturated carbocycles. The van der Waals surface area contributed by atoms with E-state index < -0.39 is 6.09 Å². The Kier molecular flexibility index (Phi) is 2.26.